The molecule has 3 aromatic carbocycles. The van der Waals surface area contributed by atoms with Crippen LogP contribution in [-0.2, 0) is 29.7 Å². The van der Waals surface area contributed by atoms with Crippen LogP contribution in [0.1, 0.15) is 23.6 Å². The molecule has 0 heterocycles. The van der Waals surface area contributed by atoms with Crippen LogP contribution >= 0.6 is 0 Å². The van der Waals surface area contributed by atoms with Crippen LogP contribution in [-0.4, -0.2) is 0 Å². The van der Waals surface area contributed by atoms with E-state index in [-0.39, 0.29) is 0 Å². The van der Waals surface area contributed by atoms with Crippen molar-refractivity contribution in [2.75, 3.05) is 0 Å². The van der Waals surface area contributed by atoms with Crippen LogP contribution in [0.2, 0.25) is 0 Å². The van der Waals surface area contributed by atoms with Gasteiger partial charge in [0.25, 0.3) is 0 Å². The molecule has 0 spiro atoms. The molecule has 0 nitrogen and oxygen atoms in total. The predicted molar refractivity (Wildman–Crippen MR) is 106 cm³/mol. The second-order valence-electron chi connectivity index (χ2n) is 7.17. The number of rotatable bonds is 3. The Morgan fingerprint density at radius 2 is 1.58 bits per heavy atom. The maximum atomic E-state index is 2.48. The van der Waals surface area contributed by atoms with E-state index in [0.29, 0.717) is 5.92 Å². The van der Waals surface area contributed by atoms with E-state index >= 15 is 0 Å². The SMILES string of the molecule is CC1C=C(c2ccccc2)C=[C]1[Zr][c]1cccc2c1Cc1ccccc1-2. The zero-order valence-corrected chi connectivity index (χ0v) is 17.3. The van der Waals surface area contributed by atoms with E-state index in [1.807, 2.05) is 0 Å². The van der Waals surface area contributed by atoms with Crippen LogP contribution in [0, 0.1) is 5.92 Å². The topological polar surface area (TPSA) is 0 Å². The molecule has 124 valence electrons. The monoisotopic (exact) mass is 410 g/mol. The fourth-order valence-corrected chi connectivity index (χ4v) is 7.55. The Hall–Kier alpha value is -1.98. The van der Waals surface area contributed by atoms with Gasteiger partial charge in [-0.1, -0.05) is 0 Å². The number of hydrogen-bond donors (Lipinski definition) is 0. The molecule has 2 aliphatic carbocycles. The zero-order valence-electron chi connectivity index (χ0n) is 14.9. The fraction of sp³-hybridized carbons (Fsp3) is 0.120. The molecule has 0 radical (unpaired) electrons. The van der Waals surface area contributed by atoms with Gasteiger partial charge in [-0.15, -0.1) is 0 Å². The third kappa shape index (κ3) is 2.79. The molecule has 5 rings (SSSR count). The molecular weight excluding hydrogens is 391 g/mol. The maximum absolute atomic E-state index is 2.48. The van der Waals surface area contributed by atoms with Gasteiger partial charge >= 0.3 is 167 Å². The van der Waals surface area contributed by atoms with E-state index in [4.69, 9.17) is 0 Å². The number of hydrogen-bond acceptors (Lipinski definition) is 0. The van der Waals surface area contributed by atoms with E-state index in [9.17, 15) is 0 Å². The summed E-state index contributed by atoms with van der Waals surface area (Å²) in [5, 5.41) is 0. The molecule has 0 aromatic heterocycles. The molecule has 0 N–H and O–H groups in total. The molecule has 0 fully saturated rings. The summed E-state index contributed by atoms with van der Waals surface area (Å²) in [6.07, 6.45) is 6.04. The van der Waals surface area contributed by atoms with E-state index in [0.717, 1.165) is 6.42 Å². The minimum atomic E-state index is -0.781. The number of fused-ring (bicyclic) bond motifs is 3. The first kappa shape index (κ1) is 16.2. The molecule has 0 aliphatic heterocycles. The minimum absolute atomic E-state index is 0.580. The first-order valence-corrected chi connectivity index (χ1v) is 11.7. The average molecular weight is 412 g/mol. The Kier molecular flexibility index (Phi) is 4.14. The Balaban J connectivity index is 1.47. The summed E-state index contributed by atoms with van der Waals surface area (Å²) in [5.74, 6) is 0.580. The van der Waals surface area contributed by atoms with Gasteiger partial charge in [0.15, 0.2) is 0 Å². The van der Waals surface area contributed by atoms with Crippen molar-refractivity contribution in [3.63, 3.8) is 0 Å². The van der Waals surface area contributed by atoms with E-state index in [1.54, 1.807) is 12.1 Å². The van der Waals surface area contributed by atoms with Crippen molar-refractivity contribution in [2.45, 2.75) is 13.3 Å². The van der Waals surface area contributed by atoms with Crippen LogP contribution in [0.15, 0.2) is 88.2 Å². The Labute approximate surface area is 166 Å². The molecule has 3 aromatic rings. The van der Waals surface area contributed by atoms with Gasteiger partial charge in [0, 0.05) is 0 Å². The summed E-state index contributed by atoms with van der Waals surface area (Å²) in [6, 6.07) is 26.7. The molecule has 1 unspecified atom stereocenters. The number of allylic oxidation sites excluding steroid dienone is 4. The second kappa shape index (κ2) is 6.64. The normalized spacial score (nSPS) is 17.3. The summed E-state index contributed by atoms with van der Waals surface area (Å²) in [7, 11) is 0. The molecule has 0 bridgehead atoms. The van der Waals surface area contributed by atoms with Gasteiger partial charge in [-0.3, -0.25) is 0 Å². The molecule has 0 saturated carbocycles. The summed E-state index contributed by atoms with van der Waals surface area (Å²) >= 11 is -0.781. The molecule has 0 saturated heterocycles. The van der Waals surface area contributed by atoms with Gasteiger partial charge in [-0.05, 0) is 0 Å². The van der Waals surface area contributed by atoms with Crippen molar-refractivity contribution >= 4 is 8.84 Å². The molecule has 26 heavy (non-hydrogen) atoms. The summed E-state index contributed by atoms with van der Waals surface area (Å²) < 4.78 is 3.35. The van der Waals surface area contributed by atoms with Crippen molar-refractivity contribution in [1.82, 2.24) is 0 Å². The van der Waals surface area contributed by atoms with Crippen LogP contribution in [0.5, 0.6) is 0 Å². The molecular formula is C25H20Zr. The van der Waals surface area contributed by atoms with Gasteiger partial charge in [-0.2, -0.15) is 0 Å². The second-order valence-corrected chi connectivity index (χ2v) is 10.5. The average Bonchev–Trinajstić information content (AvgIpc) is 3.24. The van der Waals surface area contributed by atoms with Gasteiger partial charge in [0.1, 0.15) is 0 Å². The van der Waals surface area contributed by atoms with Crippen LogP contribution in [0.3, 0.4) is 0 Å². The van der Waals surface area contributed by atoms with Crippen molar-refractivity contribution in [2.24, 2.45) is 5.92 Å². The first-order chi connectivity index (χ1) is 12.8. The molecule has 1 heteroatoms. The van der Waals surface area contributed by atoms with Crippen molar-refractivity contribution in [3.8, 4) is 11.1 Å². The fourth-order valence-electron chi connectivity index (χ4n) is 4.10. The Morgan fingerprint density at radius 1 is 0.808 bits per heavy atom. The van der Waals surface area contributed by atoms with Crippen molar-refractivity contribution in [1.29, 1.82) is 0 Å². The summed E-state index contributed by atoms with van der Waals surface area (Å²) in [6.45, 7) is 2.36. The van der Waals surface area contributed by atoms with Gasteiger partial charge in [-0.25, -0.2) is 0 Å². The first-order valence-electron chi connectivity index (χ1n) is 9.25. The van der Waals surface area contributed by atoms with Gasteiger partial charge in [0.05, 0.1) is 0 Å². The molecule has 2 aliphatic rings. The molecule has 1 atom stereocenters. The van der Waals surface area contributed by atoms with Gasteiger partial charge < -0.3 is 0 Å². The standard InChI is InChI=1S/C13H9.C12H11.Zr/c1-3-7-12-10(5-1)9-11-6-2-4-8-13(11)12;1-10-7-8-12(9-10)11-5-3-2-4-6-11;/h1-5,7-8H,9H2;2-6,8-10H,1H3;. The third-order valence-electron chi connectivity index (χ3n) is 5.47. The van der Waals surface area contributed by atoms with E-state index in [1.165, 1.54) is 27.8 Å². The zero-order chi connectivity index (χ0) is 17.5. The predicted octanol–water partition coefficient (Wildman–Crippen LogP) is 5.58. The Morgan fingerprint density at radius 3 is 2.46 bits per heavy atom. The van der Waals surface area contributed by atoms with Crippen LogP contribution < -0.4 is 3.27 Å². The quantitative estimate of drug-likeness (QED) is 0.413. The van der Waals surface area contributed by atoms with Crippen LogP contribution in [0.4, 0.5) is 0 Å². The van der Waals surface area contributed by atoms with E-state index < -0.39 is 23.2 Å². The van der Waals surface area contributed by atoms with Crippen molar-refractivity contribution < 1.29 is 23.2 Å². The van der Waals surface area contributed by atoms with Crippen LogP contribution in [0.25, 0.3) is 16.7 Å². The van der Waals surface area contributed by atoms with Crippen molar-refractivity contribution in [3.05, 3.63) is 105 Å². The number of benzene rings is 3. The molecule has 0 amide bonds. The third-order valence-corrected chi connectivity index (χ3v) is 9.47. The van der Waals surface area contributed by atoms with Gasteiger partial charge in [0.2, 0.25) is 0 Å². The Bertz CT molecular complexity index is 1040. The summed E-state index contributed by atoms with van der Waals surface area (Å²) in [4.78, 5) is 0. The van der Waals surface area contributed by atoms with E-state index in [2.05, 4.69) is 91.9 Å². The summed E-state index contributed by atoms with van der Waals surface area (Å²) in [5.41, 5.74) is 8.76.